The summed E-state index contributed by atoms with van der Waals surface area (Å²) >= 11 is 0. The lowest BCUT2D eigenvalue weighted by molar-refractivity contribution is -0.182. The second-order valence-electron chi connectivity index (χ2n) is 16.9. The van der Waals surface area contributed by atoms with Crippen molar-refractivity contribution >= 4 is 35.8 Å². The van der Waals surface area contributed by atoms with Crippen LogP contribution < -0.4 is 5.32 Å². The van der Waals surface area contributed by atoms with Crippen molar-refractivity contribution in [1.29, 1.82) is 0 Å². The zero-order valence-corrected chi connectivity index (χ0v) is 35.4. The molecule has 1 heterocycles. The van der Waals surface area contributed by atoms with E-state index in [-0.39, 0.29) is 36.8 Å². The Morgan fingerprint density at radius 3 is 2.21 bits per heavy atom. The minimum absolute atomic E-state index is 0.0585. The van der Waals surface area contributed by atoms with Gasteiger partial charge in [-0.05, 0) is 73.7 Å². The molecule has 2 aliphatic carbocycles. The molecule has 2 amide bonds. The van der Waals surface area contributed by atoms with Crippen LogP contribution in [0.1, 0.15) is 72.6 Å². The molecule has 6 rings (SSSR count). The number of alkyl halides is 3. The molecule has 0 aromatic heterocycles. The van der Waals surface area contributed by atoms with Gasteiger partial charge in [-0.3, -0.25) is 14.4 Å². The number of fused-ring (bicyclic) bond motifs is 2. The predicted octanol–water partition coefficient (Wildman–Crippen LogP) is 5.61. The Balaban J connectivity index is 1.21. The number of esters is 3. The molecular weight excluding hydrogens is 826 g/mol. The lowest BCUT2D eigenvalue weighted by Crippen LogP contribution is -2.53. The minimum atomic E-state index is -4.67. The summed E-state index contributed by atoms with van der Waals surface area (Å²) in [6.45, 7) is 3.03. The molecule has 1 spiro atoms. The number of nitrogens with one attached hydrogen (secondary N) is 1. The van der Waals surface area contributed by atoms with E-state index in [1.54, 1.807) is 26.8 Å². The zero-order chi connectivity index (χ0) is 45.5. The van der Waals surface area contributed by atoms with Crippen molar-refractivity contribution < 1.29 is 65.9 Å². The maximum atomic E-state index is 14.6. The Bertz CT molecular complexity index is 2180. The Kier molecular flexibility index (Phi) is 14.6. The second-order valence-corrected chi connectivity index (χ2v) is 16.9. The van der Waals surface area contributed by atoms with Gasteiger partial charge in [-0.1, -0.05) is 66.7 Å². The largest absolute Gasteiger partial charge is 0.460 e. The van der Waals surface area contributed by atoms with E-state index in [1.165, 1.54) is 42.3 Å². The lowest BCUT2D eigenvalue weighted by Gasteiger charge is -2.34. The van der Waals surface area contributed by atoms with Gasteiger partial charge in [0.2, 0.25) is 11.8 Å². The van der Waals surface area contributed by atoms with Crippen LogP contribution in [-0.2, 0) is 62.1 Å². The van der Waals surface area contributed by atoms with E-state index in [9.17, 15) is 42.3 Å². The summed E-state index contributed by atoms with van der Waals surface area (Å²) in [5.74, 6) is -4.62. The maximum Gasteiger partial charge on any atom is 0.422 e. The number of aliphatic hydroxyl groups excluding tert-OH is 1. The number of hydrogen-bond donors (Lipinski definition) is 2. The molecule has 5 atom stereocenters. The number of carbonyl (C=O) groups is 5. The van der Waals surface area contributed by atoms with E-state index < -0.39 is 90.9 Å². The Morgan fingerprint density at radius 2 is 1.59 bits per heavy atom. The molecule has 0 radical (unpaired) electrons. The molecule has 336 valence electrons. The van der Waals surface area contributed by atoms with Crippen LogP contribution in [0.4, 0.5) is 13.2 Å². The maximum absolute atomic E-state index is 14.6. The third kappa shape index (κ3) is 12.6. The van der Waals surface area contributed by atoms with Crippen molar-refractivity contribution in [2.45, 2.75) is 107 Å². The highest BCUT2D eigenvalue weighted by atomic mass is 19.4. The molecule has 1 aliphatic heterocycles. The van der Waals surface area contributed by atoms with Crippen molar-refractivity contribution in [3.05, 3.63) is 124 Å². The number of aliphatic hydroxyl groups is 1. The Hall–Kier alpha value is -5.84. The van der Waals surface area contributed by atoms with Crippen molar-refractivity contribution in [3.8, 4) is 0 Å². The van der Waals surface area contributed by atoms with Crippen molar-refractivity contribution in [3.63, 3.8) is 0 Å². The Labute approximate surface area is 363 Å². The summed E-state index contributed by atoms with van der Waals surface area (Å²) in [6.07, 6.45) is -2.71. The van der Waals surface area contributed by atoms with E-state index in [2.05, 4.69) is 10.1 Å². The van der Waals surface area contributed by atoms with Crippen molar-refractivity contribution in [2.75, 3.05) is 20.3 Å². The smallest absolute Gasteiger partial charge is 0.422 e. The van der Waals surface area contributed by atoms with Gasteiger partial charge in [-0.25, -0.2) is 9.59 Å². The number of rotatable bonds is 15. The molecule has 2 N–H and O–H groups in total. The van der Waals surface area contributed by atoms with Crippen molar-refractivity contribution in [1.82, 2.24) is 10.2 Å². The fourth-order valence-electron chi connectivity index (χ4n) is 7.76. The molecule has 13 nitrogen and oxygen atoms in total. The topological polar surface area (TPSA) is 167 Å². The van der Waals surface area contributed by atoms with Crippen LogP contribution in [0.3, 0.4) is 0 Å². The zero-order valence-electron chi connectivity index (χ0n) is 35.4. The average molecular weight is 877 g/mol. The number of carbonyl (C=O) groups excluding carboxylic acids is 5. The van der Waals surface area contributed by atoms with Gasteiger partial charge in [0.15, 0.2) is 12.4 Å². The normalized spacial score (nSPS) is 19.9. The molecule has 16 heteroatoms. The predicted molar refractivity (Wildman–Crippen MR) is 222 cm³/mol. The van der Waals surface area contributed by atoms with Crippen LogP contribution in [0.2, 0.25) is 0 Å². The van der Waals surface area contributed by atoms with Gasteiger partial charge >= 0.3 is 24.1 Å². The van der Waals surface area contributed by atoms with E-state index in [0.717, 1.165) is 22.8 Å². The molecule has 0 bridgehead atoms. The number of nitrogens with zero attached hydrogens (tertiary/aromatic N) is 1. The van der Waals surface area contributed by atoms with Crippen molar-refractivity contribution in [2.24, 2.45) is 0 Å². The van der Waals surface area contributed by atoms with Crippen LogP contribution in [0, 0.1) is 0 Å². The van der Waals surface area contributed by atoms with Crippen LogP contribution >= 0.6 is 0 Å². The highest BCUT2D eigenvalue weighted by Gasteiger charge is 2.55. The number of ether oxygens (including phenoxy) is 5. The van der Waals surface area contributed by atoms with Gasteiger partial charge in [0, 0.05) is 50.8 Å². The molecule has 3 aromatic carbocycles. The summed E-state index contributed by atoms with van der Waals surface area (Å²) in [6, 6.07) is 20.8. The first-order valence-corrected chi connectivity index (χ1v) is 20.6. The van der Waals surface area contributed by atoms with Crippen LogP contribution in [0.25, 0.3) is 6.08 Å². The highest BCUT2D eigenvalue weighted by Crippen LogP contribution is 2.45. The number of hydrogen-bond acceptors (Lipinski definition) is 11. The first-order chi connectivity index (χ1) is 29.8. The summed E-state index contributed by atoms with van der Waals surface area (Å²) in [5.41, 5.74) is 2.83. The average Bonchev–Trinajstić information content (AvgIpc) is 3.79. The standard InChI is InChI=1S/C47H51F3N2O11/c1-45(2,3)62-40(55)21-19-35(27-53)51-42(56)36(22-30-10-6-5-7-11-30)52(4)43(57)34-23-37(41-38(24-34)61-46(63-41)25-32-12-8-9-13-33(32)26-46)60-44(58)31-17-14-29(15-18-31)16-20-39(54)59-28-47(48,49)50/h5-18,20,24,35-38,41,53H,19,21-23,25-28H2,1-4H3,(H,51,56)/t35-,36+,37+,38+,41-/m0/s1. The SMILES string of the molecule is CN(C(=O)C1=C[C@H]2OC3(Cc4ccccc4C3)O[C@H]2[C@H](OC(=O)c2ccc(C=CC(=O)OCC(F)(F)F)cc2)C1)[C@H](Cc1ccccc1)C(=O)N[C@H](CO)CCC(=O)OC(C)(C)C. The first-order valence-electron chi connectivity index (χ1n) is 20.6. The van der Waals surface area contributed by atoms with E-state index in [4.69, 9.17) is 18.9 Å². The first kappa shape index (κ1) is 46.7. The molecule has 3 aromatic rings. The highest BCUT2D eigenvalue weighted by molar-refractivity contribution is 5.97. The number of amides is 2. The second kappa shape index (κ2) is 19.7. The van der Waals surface area contributed by atoms with Gasteiger partial charge in [0.1, 0.15) is 30.0 Å². The van der Waals surface area contributed by atoms with Crippen LogP contribution in [0.15, 0.2) is 96.6 Å². The van der Waals surface area contributed by atoms with Crippen LogP contribution in [-0.4, -0.2) is 108 Å². The fraction of sp³-hybridized carbons (Fsp3) is 0.426. The lowest BCUT2D eigenvalue weighted by atomic mass is 9.90. The van der Waals surface area contributed by atoms with Gasteiger partial charge in [-0.2, -0.15) is 13.2 Å². The summed E-state index contributed by atoms with van der Waals surface area (Å²) in [5, 5.41) is 13.0. The number of benzene rings is 3. The quantitative estimate of drug-likeness (QED) is 0.111. The van der Waals surface area contributed by atoms with E-state index >= 15 is 0 Å². The van der Waals surface area contributed by atoms with Gasteiger partial charge in [0.05, 0.1) is 18.2 Å². The number of likely N-dealkylation sites (N-methyl/N-ethyl adjacent to an activating group) is 1. The summed E-state index contributed by atoms with van der Waals surface area (Å²) in [4.78, 5) is 67.9. The summed E-state index contributed by atoms with van der Waals surface area (Å²) in [7, 11) is 1.49. The number of halogens is 3. The molecule has 1 fully saturated rings. The molecule has 0 unspecified atom stereocenters. The van der Waals surface area contributed by atoms with E-state index in [1.807, 2.05) is 54.6 Å². The molecule has 63 heavy (non-hydrogen) atoms. The monoisotopic (exact) mass is 876 g/mol. The summed E-state index contributed by atoms with van der Waals surface area (Å²) < 4.78 is 66.1. The minimum Gasteiger partial charge on any atom is -0.460 e. The third-order valence-electron chi connectivity index (χ3n) is 10.7. The van der Waals surface area contributed by atoms with Gasteiger partial charge in [-0.15, -0.1) is 0 Å². The molecular formula is C47H51F3N2O11. The van der Waals surface area contributed by atoms with Gasteiger partial charge < -0.3 is 39.0 Å². The third-order valence-corrected chi connectivity index (χ3v) is 10.7. The molecule has 3 aliphatic rings. The molecule has 1 saturated heterocycles. The molecule has 0 saturated carbocycles. The van der Waals surface area contributed by atoms with Gasteiger partial charge in [0.25, 0.3) is 0 Å². The van der Waals surface area contributed by atoms with Crippen LogP contribution in [0.5, 0.6) is 0 Å². The Morgan fingerprint density at radius 1 is 0.937 bits per heavy atom. The fourth-order valence-corrected chi connectivity index (χ4v) is 7.76. The van der Waals surface area contributed by atoms with E-state index in [0.29, 0.717) is 18.4 Å².